The third-order valence-corrected chi connectivity index (χ3v) is 2.23. The summed E-state index contributed by atoms with van der Waals surface area (Å²) < 4.78 is 10.5. The quantitative estimate of drug-likeness (QED) is 0.782. The van der Waals surface area contributed by atoms with Gasteiger partial charge >= 0.3 is 0 Å². The maximum Gasteiger partial charge on any atom is 0.123 e. The molecule has 4 heteroatoms. The number of hydrogen-bond acceptors (Lipinski definition) is 3. The van der Waals surface area contributed by atoms with E-state index in [1.807, 2.05) is 18.2 Å². The monoisotopic (exact) mass is 245 g/mol. The van der Waals surface area contributed by atoms with Crippen LogP contribution < -0.4 is 14.8 Å². The van der Waals surface area contributed by atoms with E-state index in [1.165, 1.54) is 0 Å². The fraction of sp³-hybridized carbons (Fsp3) is 0.500. The highest BCUT2D eigenvalue weighted by atomic mass is 35.5. The Kier molecular flexibility index (Phi) is 7.77. The second-order valence-electron chi connectivity index (χ2n) is 3.35. The Balaban J connectivity index is 0.00000225. The summed E-state index contributed by atoms with van der Waals surface area (Å²) in [4.78, 5) is 0. The molecule has 0 aliphatic rings. The lowest BCUT2D eigenvalue weighted by Gasteiger charge is -2.10. The molecule has 0 spiro atoms. The molecule has 0 aromatic heterocycles. The molecule has 0 unspecified atom stereocenters. The maximum atomic E-state index is 5.28. The van der Waals surface area contributed by atoms with Crippen LogP contribution in [0.5, 0.6) is 11.5 Å². The van der Waals surface area contributed by atoms with Crippen LogP contribution in [0.1, 0.15) is 18.9 Å². The van der Waals surface area contributed by atoms with Crippen LogP contribution in [0.2, 0.25) is 0 Å². The predicted octanol–water partition coefficient (Wildman–Crippen LogP) is 2.63. The third-order valence-electron chi connectivity index (χ3n) is 2.23. The van der Waals surface area contributed by atoms with Gasteiger partial charge in [-0.25, -0.2) is 0 Å². The summed E-state index contributed by atoms with van der Waals surface area (Å²) in [6.45, 7) is 3.98. The summed E-state index contributed by atoms with van der Waals surface area (Å²) in [6.07, 6.45) is 1.13. The summed E-state index contributed by atoms with van der Waals surface area (Å²) in [5, 5.41) is 3.34. The number of halogens is 1. The molecule has 92 valence electrons. The van der Waals surface area contributed by atoms with Crippen molar-refractivity contribution < 1.29 is 9.47 Å². The van der Waals surface area contributed by atoms with Gasteiger partial charge < -0.3 is 14.8 Å². The standard InChI is InChI=1S/C12H19NO2.ClH/c1-4-7-13-9-10-8-11(14-2)5-6-12(10)15-3;/h5-6,8,13H,4,7,9H2,1-3H3;1H. The van der Waals surface area contributed by atoms with E-state index >= 15 is 0 Å². The number of rotatable bonds is 6. The van der Waals surface area contributed by atoms with Crippen molar-refractivity contribution in [3.8, 4) is 11.5 Å². The lowest BCUT2D eigenvalue weighted by atomic mass is 10.2. The van der Waals surface area contributed by atoms with E-state index < -0.39 is 0 Å². The molecule has 0 fully saturated rings. The Labute approximate surface area is 104 Å². The molecule has 0 amide bonds. The third kappa shape index (κ3) is 4.29. The molecule has 0 radical (unpaired) electrons. The van der Waals surface area contributed by atoms with Crippen molar-refractivity contribution in [1.29, 1.82) is 0 Å². The molecule has 0 atom stereocenters. The van der Waals surface area contributed by atoms with Gasteiger partial charge in [0.1, 0.15) is 11.5 Å². The average Bonchev–Trinajstić information content (AvgIpc) is 2.29. The van der Waals surface area contributed by atoms with E-state index in [1.54, 1.807) is 14.2 Å². The van der Waals surface area contributed by atoms with Gasteiger partial charge in [0.2, 0.25) is 0 Å². The van der Waals surface area contributed by atoms with Gasteiger partial charge in [-0.2, -0.15) is 0 Å². The molecule has 1 aromatic carbocycles. The lowest BCUT2D eigenvalue weighted by molar-refractivity contribution is 0.397. The first-order valence-electron chi connectivity index (χ1n) is 5.23. The highest BCUT2D eigenvalue weighted by molar-refractivity contribution is 5.85. The van der Waals surface area contributed by atoms with Crippen LogP contribution in [-0.2, 0) is 6.54 Å². The lowest BCUT2D eigenvalue weighted by Crippen LogP contribution is -2.14. The van der Waals surface area contributed by atoms with Crippen molar-refractivity contribution in [3.05, 3.63) is 23.8 Å². The first-order chi connectivity index (χ1) is 7.31. The van der Waals surface area contributed by atoms with Crippen molar-refractivity contribution in [2.24, 2.45) is 0 Å². The van der Waals surface area contributed by atoms with Crippen molar-refractivity contribution in [3.63, 3.8) is 0 Å². The number of methoxy groups -OCH3 is 2. The molecule has 1 aromatic rings. The topological polar surface area (TPSA) is 30.5 Å². The highest BCUT2D eigenvalue weighted by Gasteiger charge is 2.03. The van der Waals surface area contributed by atoms with E-state index in [4.69, 9.17) is 9.47 Å². The van der Waals surface area contributed by atoms with Crippen molar-refractivity contribution in [2.45, 2.75) is 19.9 Å². The van der Waals surface area contributed by atoms with Crippen LogP contribution in [0.4, 0.5) is 0 Å². The summed E-state index contributed by atoms with van der Waals surface area (Å²) in [7, 11) is 3.36. The van der Waals surface area contributed by atoms with Crippen LogP contribution in [0, 0.1) is 0 Å². The Bertz CT molecular complexity index is 305. The van der Waals surface area contributed by atoms with Gasteiger partial charge in [-0.05, 0) is 31.2 Å². The minimum absolute atomic E-state index is 0. The van der Waals surface area contributed by atoms with Crippen LogP contribution in [0.3, 0.4) is 0 Å². The number of benzene rings is 1. The van der Waals surface area contributed by atoms with Gasteiger partial charge in [0.25, 0.3) is 0 Å². The first-order valence-corrected chi connectivity index (χ1v) is 5.23. The van der Waals surface area contributed by atoms with Crippen LogP contribution >= 0.6 is 12.4 Å². The van der Waals surface area contributed by atoms with Gasteiger partial charge in [0.15, 0.2) is 0 Å². The average molecular weight is 246 g/mol. The van der Waals surface area contributed by atoms with Gasteiger partial charge in [-0.3, -0.25) is 0 Å². The predicted molar refractivity (Wildman–Crippen MR) is 68.8 cm³/mol. The molecular weight excluding hydrogens is 226 g/mol. The molecule has 0 saturated heterocycles. The zero-order chi connectivity index (χ0) is 11.1. The Hall–Kier alpha value is -0.930. The first kappa shape index (κ1) is 15.1. The molecule has 1 N–H and O–H groups in total. The van der Waals surface area contributed by atoms with E-state index in [-0.39, 0.29) is 12.4 Å². The minimum atomic E-state index is 0. The molecule has 0 aliphatic heterocycles. The summed E-state index contributed by atoms with van der Waals surface area (Å²) >= 11 is 0. The summed E-state index contributed by atoms with van der Waals surface area (Å²) in [5.41, 5.74) is 1.13. The largest absolute Gasteiger partial charge is 0.497 e. The van der Waals surface area contributed by atoms with E-state index in [0.29, 0.717) is 0 Å². The zero-order valence-electron chi connectivity index (χ0n) is 10.1. The van der Waals surface area contributed by atoms with Gasteiger partial charge in [0.05, 0.1) is 14.2 Å². The van der Waals surface area contributed by atoms with Gasteiger partial charge in [-0.1, -0.05) is 6.92 Å². The molecule has 16 heavy (non-hydrogen) atoms. The SMILES string of the molecule is CCCNCc1cc(OC)ccc1OC.Cl. The number of nitrogens with one attached hydrogen (secondary N) is 1. The highest BCUT2D eigenvalue weighted by Crippen LogP contribution is 2.23. The molecule has 0 saturated carbocycles. The van der Waals surface area contributed by atoms with E-state index in [2.05, 4.69) is 12.2 Å². The van der Waals surface area contributed by atoms with Gasteiger partial charge in [0, 0.05) is 12.1 Å². The second-order valence-corrected chi connectivity index (χ2v) is 3.35. The van der Waals surface area contributed by atoms with Crippen LogP contribution in [0.25, 0.3) is 0 Å². The number of ether oxygens (including phenoxy) is 2. The molecule has 0 bridgehead atoms. The molecular formula is C12H20ClNO2. The molecule has 1 rings (SSSR count). The fourth-order valence-corrected chi connectivity index (χ4v) is 1.42. The summed E-state index contributed by atoms with van der Waals surface area (Å²) in [5.74, 6) is 1.77. The fourth-order valence-electron chi connectivity index (χ4n) is 1.42. The second kappa shape index (κ2) is 8.25. The van der Waals surface area contributed by atoms with E-state index in [9.17, 15) is 0 Å². The molecule has 3 nitrogen and oxygen atoms in total. The van der Waals surface area contributed by atoms with Gasteiger partial charge in [-0.15, -0.1) is 12.4 Å². The Morgan fingerprint density at radius 2 is 1.94 bits per heavy atom. The molecule has 0 heterocycles. The zero-order valence-corrected chi connectivity index (χ0v) is 10.9. The number of hydrogen-bond donors (Lipinski definition) is 1. The minimum Gasteiger partial charge on any atom is -0.497 e. The van der Waals surface area contributed by atoms with Crippen molar-refractivity contribution >= 4 is 12.4 Å². The normalized spacial score (nSPS) is 9.44. The van der Waals surface area contributed by atoms with Crippen LogP contribution in [-0.4, -0.2) is 20.8 Å². The van der Waals surface area contributed by atoms with E-state index in [0.717, 1.165) is 36.6 Å². The van der Waals surface area contributed by atoms with Crippen molar-refractivity contribution in [2.75, 3.05) is 20.8 Å². The Morgan fingerprint density at radius 1 is 1.19 bits per heavy atom. The van der Waals surface area contributed by atoms with Crippen LogP contribution in [0.15, 0.2) is 18.2 Å². The van der Waals surface area contributed by atoms with Crippen molar-refractivity contribution in [1.82, 2.24) is 5.32 Å². The summed E-state index contributed by atoms with van der Waals surface area (Å²) in [6, 6.07) is 5.84. The molecule has 0 aliphatic carbocycles. The smallest absolute Gasteiger partial charge is 0.123 e. The maximum absolute atomic E-state index is 5.28. The Morgan fingerprint density at radius 3 is 2.50 bits per heavy atom.